The summed E-state index contributed by atoms with van der Waals surface area (Å²) in [6.07, 6.45) is 1.74. The molecule has 3 aromatic carbocycles. The van der Waals surface area contributed by atoms with Gasteiger partial charge in [-0.1, -0.05) is 30.3 Å². The van der Waals surface area contributed by atoms with Crippen molar-refractivity contribution in [2.45, 2.75) is 17.9 Å². The Balaban J connectivity index is 1.57. The average molecular weight is 492 g/mol. The van der Waals surface area contributed by atoms with Gasteiger partial charge < -0.3 is 5.32 Å². The number of nitro benzene ring substituents is 1. The molecule has 10 nitrogen and oxygen atoms in total. The van der Waals surface area contributed by atoms with Gasteiger partial charge in [0.25, 0.3) is 5.69 Å². The van der Waals surface area contributed by atoms with Gasteiger partial charge in [0, 0.05) is 36.0 Å². The minimum atomic E-state index is -3.85. The molecule has 4 aromatic rings. The molecule has 4 rings (SSSR count). The van der Waals surface area contributed by atoms with E-state index in [1.54, 1.807) is 35.1 Å². The van der Waals surface area contributed by atoms with E-state index in [-0.39, 0.29) is 29.5 Å². The zero-order valence-corrected chi connectivity index (χ0v) is 19.2. The Kier molecular flexibility index (Phi) is 6.71. The molecule has 35 heavy (non-hydrogen) atoms. The second-order valence-corrected chi connectivity index (χ2v) is 9.29. The highest BCUT2D eigenvalue weighted by atomic mass is 32.2. The van der Waals surface area contributed by atoms with Crippen LogP contribution in [-0.2, 0) is 27.8 Å². The number of rotatable bonds is 8. The molecule has 0 unspecified atom stereocenters. The predicted molar refractivity (Wildman–Crippen MR) is 129 cm³/mol. The third-order valence-electron chi connectivity index (χ3n) is 5.23. The number of hydrogen-bond acceptors (Lipinski definition) is 6. The molecule has 0 radical (unpaired) electrons. The number of amides is 1. The topological polar surface area (TPSA) is 150 Å². The van der Waals surface area contributed by atoms with Crippen LogP contribution in [0.2, 0.25) is 0 Å². The molecular weight excluding hydrogens is 470 g/mol. The van der Waals surface area contributed by atoms with E-state index >= 15 is 0 Å². The molecule has 0 atom stereocenters. The van der Waals surface area contributed by atoms with Crippen LogP contribution in [0.5, 0.6) is 0 Å². The van der Waals surface area contributed by atoms with Crippen molar-refractivity contribution in [3.8, 4) is 16.9 Å². The Morgan fingerprint density at radius 2 is 1.74 bits per heavy atom. The molecule has 3 N–H and O–H groups in total. The van der Waals surface area contributed by atoms with E-state index in [1.165, 1.54) is 24.3 Å². The van der Waals surface area contributed by atoms with Crippen LogP contribution in [0.15, 0.2) is 90.0 Å². The van der Waals surface area contributed by atoms with Gasteiger partial charge in [-0.2, -0.15) is 5.10 Å². The SMILES string of the molecule is NS(=O)(=O)c1cccc(CNC(=O)Cc2cn(-c3ccccc3)nc2-c2ccc([N+](=O)[O-])cc2)c1. The fourth-order valence-electron chi connectivity index (χ4n) is 3.50. The first-order chi connectivity index (χ1) is 16.7. The molecule has 11 heteroatoms. The number of hydrogen-bond donors (Lipinski definition) is 2. The van der Waals surface area contributed by atoms with Crippen molar-refractivity contribution in [1.82, 2.24) is 15.1 Å². The number of nitrogens with two attached hydrogens (primary N) is 1. The van der Waals surface area contributed by atoms with E-state index in [2.05, 4.69) is 10.4 Å². The van der Waals surface area contributed by atoms with Gasteiger partial charge in [-0.15, -0.1) is 0 Å². The average Bonchev–Trinajstić information content (AvgIpc) is 3.26. The largest absolute Gasteiger partial charge is 0.352 e. The van der Waals surface area contributed by atoms with E-state index in [9.17, 15) is 23.3 Å². The Morgan fingerprint density at radius 1 is 1.03 bits per heavy atom. The van der Waals surface area contributed by atoms with Gasteiger partial charge in [0.1, 0.15) is 0 Å². The fraction of sp³-hybridized carbons (Fsp3) is 0.0833. The number of para-hydroxylation sites is 1. The lowest BCUT2D eigenvalue weighted by atomic mass is 10.1. The number of benzene rings is 3. The summed E-state index contributed by atoms with van der Waals surface area (Å²) in [6, 6.07) is 21.3. The van der Waals surface area contributed by atoms with Crippen LogP contribution in [0.1, 0.15) is 11.1 Å². The molecule has 0 bridgehead atoms. The van der Waals surface area contributed by atoms with Crippen LogP contribution in [0.4, 0.5) is 5.69 Å². The first-order valence-corrected chi connectivity index (χ1v) is 12.0. The van der Waals surface area contributed by atoms with Gasteiger partial charge in [0.2, 0.25) is 15.9 Å². The summed E-state index contributed by atoms with van der Waals surface area (Å²) in [4.78, 5) is 23.3. The van der Waals surface area contributed by atoms with Crippen LogP contribution >= 0.6 is 0 Å². The maximum absolute atomic E-state index is 12.8. The summed E-state index contributed by atoms with van der Waals surface area (Å²) in [5.74, 6) is -0.304. The molecule has 0 aliphatic carbocycles. The Hall–Kier alpha value is -4.35. The van der Waals surface area contributed by atoms with Crippen LogP contribution in [0, 0.1) is 10.1 Å². The van der Waals surface area contributed by atoms with E-state index in [0.717, 1.165) is 5.69 Å². The molecule has 178 valence electrons. The Bertz CT molecular complexity index is 1480. The number of aromatic nitrogens is 2. The minimum absolute atomic E-state index is 0.00592. The van der Waals surface area contributed by atoms with Crippen molar-refractivity contribution < 1.29 is 18.1 Å². The van der Waals surface area contributed by atoms with E-state index < -0.39 is 14.9 Å². The smallest absolute Gasteiger partial charge is 0.269 e. The first kappa shape index (κ1) is 23.8. The van der Waals surface area contributed by atoms with Crippen LogP contribution in [0.25, 0.3) is 16.9 Å². The van der Waals surface area contributed by atoms with Crippen LogP contribution in [0.3, 0.4) is 0 Å². The highest BCUT2D eigenvalue weighted by Gasteiger charge is 2.17. The third kappa shape index (κ3) is 5.78. The van der Waals surface area contributed by atoms with E-state index in [0.29, 0.717) is 22.4 Å². The normalized spacial score (nSPS) is 11.2. The summed E-state index contributed by atoms with van der Waals surface area (Å²) in [5.41, 5.74) is 3.11. The zero-order valence-electron chi connectivity index (χ0n) is 18.4. The highest BCUT2D eigenvalue weighted by Crippen LogP contribution is 2.26. The van der Waals surface area contributed by atoms with Gasteiger partial charge >= 0.3 is 0 Å². The number of primary sulfonamides is 1. The summed E-state index contributed by atoms with van der Waals surface area (Å²) in [5, 5.41) is 23.6. The summed E-state index contributed by atoms with van der Waals surface area (Å²) < 4.78 is 24.8. The molecule has 1 aromatic heterocycles. The van der Waals surface area contributed by atoms with Crippen molar-refractivity contribution in [2.75, 3.05) is 0 Å². The van der Waals surface area contributed by atoms with Gasteiger partial charge in [0.05, 0.1) is 27.6 Å². The summed E-state index contributed by atoms with van der Waals surface area (Å²) >= 11 is 0. The molecule has 0 aliphatic rings. The van der Waals surface area contributed by atoms with Crippen molar-refractivity contribution in [3.63, 3.8) is 0 Å². The lowest BCUT2D eigenvalue weighted by Crippen LogP contribution is -2.24. The molecule has 0 fully saturated rings. The third-order valence-corrected chi connectivity index (χ3v) is 6.14. The van der Waals surface area contributed by atoms with E-state index in [4.69, 9.17) is 5.14 Å². The van der Waals surface area contributed by atoms with Gasteiger partial charge in [0.15, 0.2) is 0 Å². The predicted octanol–water partition coefficient (Wildman–Crippen LogP) is 2.95. The lowest BCUT2D eigenvalue weighted by molar-refractivity contribution is -0.384. The second-order valence-electron chi connectivity index (χ2n) is 7.73. The number of carbonyl (C=O) groups excluding carboxylic acids is 1. The molecule has 0 saturated heterocycles. The molecule has 0 spiro atoms. The molecule has 1 heterocycles. The van der Waals surface area contributed by atoms with E-state index in [1.807, 2.05) is 30.3 Å². The lowest BCUT2D eigenvalue weighted by Gasteiger charge is -2.07. The molecule has 0 saturated carbocycles. The Morgan fingerprint density at radius 3 is 2.40 bits per heavy atom. The fourth-order valence-corrected chi connectivity index (χ4v) is 4.09. The van der Waals surface area contributed by atoms with Crippen molar-refractivity contribution in [3.05, 3.63) is 106 Å². The number of nitrogens with one attached hydrogen (secondary N) is 1. The van der Waals surface area contributed by atoms with Crippen molar-refractivity contribution >= 4 is 21.6 Å². The quantitative estimate of drug-likeness (QED) is 0.286. The minimum Gasteiger partial charge on any atom is -0.352 e. The van der Waals surface area contributed by atoms with Crippen molar-refractivity contribution in [1.29, 1.82) is 0 Å². The zero-order chi connectivity index (χ0) is 25.0. The number of nitrogens with zero attached hydrogens (tertiary/aromatic N) is 3. The standard InChI is InChI=1S/C24H21N5O5S/c25-35(33,34)22-8-4-5-17(13-22)15-26-23(30)14-19-16-28(20-6-2-1-3-7-20)27-24(19)18-9-11-21(12-10-18)29(31)32/h1-13,16H,14-15H2,(H,26,30)(H2,25,33,34). The second kappa shape index (κ2) is 9.87. The molecule has 1 amide bonds. The Labute approximate surface area is 201 Å². The number of nitro groups is 1. The number of sulfonamides is 1. The maximum Gasteiger partial charge on any atom is 0.269 e. The molecular formula is C24H21N5O5S. The monoisotopic (exact) mass is 491 g/mol. The van der Waals surface area contributed by atoms with Crippen LogP contribution < -0.4 is 10.5 Å². The van der Waals surface area contributed by atoms with Crippen LogP contribution in [-0.4, -0.2) is 29.0 Å². The number of non-ortho nitro benzene ring substituents is 1. The molecule has 0 aliphatic heterocycles. The maximum atomic E-state index is 12.8. The van der Waals surface area contributed by atoms with Crippen molar-refractivity contribution in [2.24, 2.45) is 5.14 Å². The van der Waals surface area contributed by atoms with Gasteiger partial charge in [-0.25, -0.2) is 18.2 Å². The van der Waals surface area contributed by atoms with Gasteiger partial charge in [-0.3, -0.25) is 14.9 Å². The first-order valence-electron chi connectivity index (χ1n) is 10.5. The summed E-state index contributed by atoms with van der Waals surface area (Å²) in [7, 11) is -3.85. The number of carbonyl (C=O) groups is 1. The van der Waals surface area contributed by atoms with Gasteiger partial charge in [-0.05, 0) is 42.0 Å². The summed E-state index contributed by atoms with van der Waals surface area (Å²) in [6.45, 7) is 0.113. The highest BCUT2D eigenvalue weighted by molar-refractivity contribution is 7.89.